The van der Waals surface area contributed by atoms with Crippen molar-refractivity contribution in [3.05, 3.63) is 71.8 Å². The normalized spacial score (nSPS) is 18.6. The number of hydrogen-bond donors (Lipinski definition) is 0. The Kier molecular flexibility index (Phi) is 7.87. The second kappa shape index (κ2) is 10.4. The fourth-order valence-electron chi connectivity index (χ4n) is 4.26. The van der Waals surface area contributed by atoms with Gasteiger partial charge >= 0.3 is 5.97 Å². The van der Waals surface area contributed by atoms with Crippen LogP contribution in [0.5, 0.6) is 0 Å². The highest BCUT2D eigenvalue weighted by Gasteiger charge is 2.62. The SMILES string of the molecule is CO[C@@](COCc1ccccc1)(C(OCc1ccccc1)[C@@H](C)OC(C)=O)C1(C)CC1. The summed E-state index contributed by atoms with van der Waals surface area (Å²) in [5.74, 6) is -0.336. The highest BCUT2D eigenvalue weighted by molar-refractivity contribution is 5.66. The summed E-state index contributed by atoms with van der Waals surface area (Å²) >= 11 is 0. The molecule has 2 aromatic carbocycles. The van der Waals surface area contributed by atoms with Gasteiger partial charge in [0.15, 0.2) is 0 Å². The van der Waals surface area contributed by atoms with Crippen molar-refractivity contribution >= 4 is 5.97 Å². The van der Waals surface area contributed by atoms with Gasteiger partial charge in [-0.1, -0.05) is 67.6 Å². The molecule has 168 valence electrons. The highest BCUT2D eigenvalue weighted by Crippen LogP contribution is 2.57. The lowest BCUT2D eigenvalue weighted by molar-refractivity contribution is -0.228. The largest absolute Gasteiger partial charge is 0.460 e. The number of esters is 1. The third-order valence-corrected chi connectivity index (χ3v) is 6.32. The average molecular weight is 427 g/mol. The molecule has 5 nitrogen and oxygen atoms in total. The van der Waals surface area contributed by atoms with E-state index in [1.807, 2.05) is 67.6 Å². The fraction of sp³-hybridized carbons (Fsp3) is 0.500. The zero-order valence-electron chi connectivity index (χ0n) is 19.0. The van der Waals surface area contributed by atoms with Crippen LogP contribution in [-0.4, -0.2) is 37.5 Å². The molecule has 0 amide bonds. The van der Waals surface area contributed by atoms with Crippen LogP contribution in [-0.2, 0) is 37.0 Å². The minimum absolute atomic E-state index is 0.117. The summed E-state index contributed by atoms with van der Waals surface area (Å²) in [6.07, 6.45) is 1.05. The lowest BCUT2D eigenvalue weighted by Gasteiger charge is -2.45. The van der Waals surface area contributed by atoms with E-state index in [2.05, 4.69) is 6.92 Å². The first kappa shape index (κ1) is 23.5. The number of carbonyl (C=O) groups is 1. The van der Waals surface area contributed by atoms with Crippen LogP contribution in [0.3, 0.4) is 0 Å². The minimum atomic E-state index is -0.745. The molecule has 1 saturated carbocycles. The lowest BCUT2D eigenvalue weighted by Crippen LogP contribution is -2.60. The van der Waals surface area contributed by atoms with E-state index >= 15 is 0 Å². The van der Waals surface area contributed by atoms with Crippen molar-refractivity contribution in [1.82, 2.24) is 0 Å². The van der Waals surface area contributed by atoms with Gasteiger partial charge in [0, 0.05) is 19.4 Å². The van der Waals surface area contributed by atoms with Crippen LogP contribution in [0.25, 0.3) is 0 Å². The number of hydrogen-bond acceptors (Lipinski definition) is 5. The molecule has 0 N–H and O–H groups in total. The molecular formula is C26H34O5. The van der Waals surface area contributed by atoms with E-state index in [1.54, 1.807) is 7.11 Å². The molecule has 0 aliphatic heterocycles. The summed E-state index contributed by atoms with van der Waals surface area (Å²) in [6.45, 7) is 6.71. The molecule has 1 aliphatic carbocycles. The molecular weight excluding hydrogens is 392 g/mol. The predicted octanol–water partition coefficient (Wildman–Crippen LogP) is 4.93. The zero-order chi connectivity index (χ0) is 22.3. The molecule has 0 heterocycles. The lowest BCUT2D eigenvalue weighted by atomic mass is 9.78. The Morgan fingerprint density at radius 1 is 1.00 bits per heavy atom. The van der Waals surface area contributed by atoms with E-state index in [4.69, 9.17) is 18.9 Å². The first-order chi connectivity index (χ1) is 14.9. The maximum atomic E-state index is 11.8. The highest BCUT2D eigenvalue weighted by atomic mass is 16.6. The van der Waals surface area contributed by atoms with E-state index in [0.29, 0.717) is 19.8 Å². The molecule has 1 fully saturated rings. The summed E-state index contributed by atoms with van der Waals surface area (Å²) < 4.78 is 24.4. The number of carbonyl (C=O) groups excluding carboxylic acids is 1. The van der Waals surface area contributed by atoms with E-state index in [9.17, 15) is 4.79 Å². The summed E-state index contributed by atoms with van der Waals surface area (Å²) in [6, 6.07) is 20.1. The van der Waals surface area contributed by atoms with Gasteiger partial charge in [-0.25, -0.2) is 0 Å². The van der Waals surface area contributed by atoms with E-state index < -0.39 is 17.8 Å². The summed E-state index contributed by atoms with van der Waals surface area (Å²) in [5, 5.41) is 0. The van der Waals surface area contributed by atoms with Crippen molar-refractivity contribution in [3.63, 3.8) is 0 Å². The van der Waals surface area contributed by atoms with Gasteiger partial charge in [0.1, 0.15) is 17.8 Å². The topological polar surface area (TPSA) is 54.0 Å². The predicted molar refractivity (Wildman–Crippen MR) is 119 cm³/mol. The minimum Gasteiger partial charge on any atom is -0.460 e. The quantitative estimate of drug-likeness (QED) is 0.451. The van der Waals surface area contributed by atoms with E-state index in [0.717, 1.165) is 24.0 Å². The molecule has 2 aromatic rings. The van der Waals surface area contributed by atoms with Crippen molar-refractivity contribution in [1.29, 1.82) is 0 Å². The van der Waals surface area contributed by atoms with Gasteiger partial charge in [0.2, 0.25) is 0 Å². The van der Waals surface area contributed by atoms with Gasteiger partial charge < -0.3 is 18.9 Å². The van der Waals surface area contributed by atoms with Crippen LogP contribution >= 0.6 is 0 Å². The molecule has 3 rings (SSSR count). The molecule has 3 atom stereocenters. The van der Waals surface area contributed by atoms with Crippen molar-refractivity contribution in [2.24, 2.45) is 5.41 Å². The van der Waals surface area contributed by atoms with Gasteiger partial charge in [-0.15, -0.1) is 0 Å². The van der Waals surface area contributed by atoms with E-state index in [-0.39, 0.29) is 11.4 Å². The van der Waals surface area contributed by atoms with E-state index in [1.165, 1.54) is 6.92 Å². The van der Waals surface area contributed by atoms with Crippen LogP contribution in [0.2, 0.25) is 0 Å². The Labute approximate surface area is 185 Å². The molecule has 31 heavy (non-hydrogen) atoms. The van der Waals surface area contributed by atoms with Crippen LogP contribution in [0.4, 0.5) is 0 Å². The number of methoxy groups -OCH3 is 1. The monoisotopic (exact) mass is 426 g/mol. The Morgan fingerprint density at radius 2 is 1.55 bits per heavy atom. The Hall–Kier alpha value is -2.21. The Balaban J connectivity index is 1.83. The maximum absolute atomic E-state index is 11.8. The van der Waals surface area contributed by atoms with Crippen molar-refractivity contribution in [2.75, 3.05) is 13.7 Å². The molecule has 1 unspecified atom stereocenters. The van der Waals surface area contributed by atoms with Crippen molar-refractivity contribution in [3.8, 4) is 0 Å². The second-order valence-electron chi connectivity index (χ2n) is 8.66. The standard InChI is InChI=1S/C26H34O5/c1-20(31-21(2)27)24(30-18-23-13-9-6-10-14-23)26(28-4,25(3)15-16-25)19-29-17-22-11-7-5-8-12-22/h5-14,20,24H,15-19H2,1-4H3/t20-,24?,26+/m1/s1. The van der Waals surface area contributed by atoms with Crippen LogP contribution in [0, 0.1) is 5.41 Å². The molecule has 0 bridgehead atoms. The van der Waals surface area contributed by atoms with Crippen molar-refractivity contribution in [2.45, 2.75) is 64.6 Å². The van der Waals surface area contributed by atoms with Gasteiger partial charge in [-0.2, -0.15) is 0 Å². The van der Waals surface area contributed by atoms with Crippen LogP contribution < -0.4 is 0 Å². The van der Waals surface area contributed by atoms with Gasteiger partial charge in [-0.3, -0.25) is 4.79 Å². The van der Waals surface area contributed by atoms with Gasteiger partial charge in [0.05, 0.1) is 19.8 Å². The Morgan fingerprint density at radius 3 is 2.03 bits per heavy atom. The van der Waals surface area contributed by atoms with Crippen molar-refractivity contribution < 1.29 is 23.7 Å². The van der Waals surface area contributed by atoms with Gasteiger partial charge in [0.25, 0.3) is 0 Å². The molecule has 5 heteroatoms. The molecule has 0 aromatic heterocycles. The van der Waals surface area contributed by atoms with Crippen LogP contribution in [0.1, 0.15) is 44.7 Å². The first-order valence-corrected chi connectivity index (χ1v) is 10.9. The molecule has 0 radical (unpaired) electrons. The molecule has 0 saturated heterocycles. The fourth-order valence-corrected chi connectivity index (χ4v) is 4.26. The third-order valence-electron chi connectivity index (χ3n) is 6.32. The second-order valence-corrected chi connectivity index (χ2v) is 8.66. The number of ether oxygens (including phenoxy) is 4. The average Bonchev–Trinajstić information content (AvgIpc) is 3.52. The molecule has 0 spiro atoms. The summed E-state index contributed by atoms with van der Waals surface area (Å²) in [7, 11) is 1.70. The number of benzene rings is 2. The summed E-state index contributed by atoms with van der Waals surface area (Å²) in [5.41, 5.74) is 1.29. The smallest absolute Gasteiger partial charge is 0.302 e. The van der Waals surface area contributed by atoms with Crippen LogP contribution in [0.15, 0.2) is 60.7 Å². The third kappa shape index (κ3) is 5.73. The Bertz CT molecular complexity index is 818. The van der Waals surface area contributed by atoms with Gasteiger partial charge in [-0.05, 0) is 30.9 Å². The first-order valence-electron chi connectivity index (χ1n) is 10.9. The maximum Gasteiger partial charge on any atom is 0.302 e. The zero-order valence-corrected chi connectivity index (χ0v) is 19.0. The summed E-state index contributed by atoms with van der Waals surface area (Å²) in [4.78, 5) is 11.8. The number of rotatable bonds is 12. The molecule has 1 aliphatic rings.